The molecule has 0 saturated heterocycles. The van der Waals surface area contributed by atoms with Crippen LogP contribution in [0.5, 0.6) is 0 Å². The van der Waals surface area contributed by atoms with Gasteiger partial charge in [0.05, 0.1) is 10.4 Å². The molecule has 0 saturated carbocycles. The summed E-state index contributed by atoms with van der Waals surface area (Å²) in [5.74, 6) is -0.0845. The van der Waals surface area contributed by atoms with Crippen molar-refractivity contribution in [2.75, 3.05) is 0 Å². The zero-order chi connectivity index (χ0) is 11.4. The Kier molecular flexibility index (Phi) is 5.05. The summed E-state index contributed by atoms with van der Waals surface area (Å²) < 4.78 is 0. The molecule has 0 aliphatic rings. The van der Waals surface area contributed by atoms with Gasteiger partial charge in [0, 0.05) is 6.04 Å². The fraction of sp³-hybridized carbons (Fsp3) is 0.800. The first kappa shape index (κ1) is 13.4. The van der Waals surface area contributed by atoms with E-state index in [9.17, 15) is 4.79 Å². The summed E-state index contributed by atoms with van der Waals surface area (Å²) in [5.41, 5.74) is 4.75. The molecule has 1 amide bonds. The first-order valence-corrected chi connectivity index (χ1v) is 5.37. The fourth-order valence-corrected chi connectivity index (χ4v) is 1.06. The van der Waals surface area contributed by atoms with Gasteiger partial charge in [-0.2, -0.15) is 0 Å². The Labute approximate surface area is 91.4 Å². The first-order valence-electron chi connectivity index (χ1n) is 4.97. The lowest BCUT2D eigenvalue weighted by atomic mass is 9.92. The molecular formula is C10H20N2OS. The van der Waals surface area contributed by atoms with Crippen LogP contribution in [0.1, 0.15) is 40.5 Å². The number of thiocarbonyl (C=S) groups is 1. The number of amides is 1. The Morgan fingerprint density at radius 1 is 1.43 bits per heavy atom. The van der Waals surface area contributed by atoms with E-state index in [1.807, 2.05) is 13.8 Å². The van der Waals surface area contributed by atoms with E-state index >= 15 is 0 Å². The van der Waals surface area contributed by atoms with Crippen molar-refractivity contribution in [1.82, 2.24) is 5.32 Å². The second-order valence-electron chi connectivity index (χ2n) is 3.98. The zero-order valence-corrected chi connectivity index (χ0v) is 10.2. The van der Waals surface area contributed by atoms with Crippen LogP contribution in [0.2, 0.25) is 0 Å². The molecule has 0 unspecified atom stereocenters. The maximum absolute atomic E-state index is 11.8. The van der Waals surface area contributed by atoms with Crippen molar-refractivity contribution in [3.05, 3.63) is 0 Å². The summed E-state index contributed by atoms with van der Waals surface area (Å²) in [4.78, 5) is 12.0. The second-order valence-corrected chi connectivity index (χ2v) is 4.42. The molecule has 0 atom stereocenters. The number of carbonyl (C=O) groups is 1. The molecule has 14 heavy (non-hydrogen) atoms. The van der Waals surface area contributed by atoms with E-state index in [1.165, 1.54) is 0 Å². The van der Waals surface area contributed by atoms with Crippen LogP contribution in [0, 0.1) is 5.41 Å². The van der Waals surface area contributed by atoms with Crippen molar-refractivity contribution < 1.29 is 4.79 Å². The summed E-state index contributed by atoms with van der Waals surface area (Å²) in [6, 6.07) is 0.219. The number of nitrogens with two attached hydrogens (primary N) is 1. The largest absolute Gasteiger partial charge is 0.392 e. The third kappa shape index (κ3) is 3.25. The first-order chi connectivity index (χ1) is 6.36. The van der Waals surface area contributed by atoms with E-state index in [0.29, 0.717) is 0 Å². The predicted octanol–water partition coefficient (Wildman–Crippen LogP) is 1.60. The van der Waals surface area contributed by atoms with Crippen molar-refractivity contribution >= 4 is 23.1 Å². The highest BCUT2D eigenvalue weighted by Crippen LogP contribution is 2.16. The van der Waals surface area contributed by atoms with Gasteiger partial charge in [-0.3, -0.25) is 4.79 Å². The monoisotopic (exact) mass is 216 g/mol. The van der Waals surface area contributed by atoms with Crippen LogP contribution in [0.15, 0.2) is 0 Å². The molecule has 0 rings (SSSR count). The lowest BCUT2D eigenvalue weighted by molar-refractivity contribution is -0.127. The van der Waals surface area contributed by atoms with Gasteiger partial charge < -0.3 is 11.1 Å². The van der Waals surface area contributed by atoms with Crippen LogP contribution in [0.25, 0.3) is 0 Å². The van der Waals surface area contributed by atoms with Crippen molar-refractivity contribution in [1.29, 1.82) is 0 Å². The van der Waals surface area contributed by atoms with E-state index < -0.39 is 5.41 Å². The van der Waals surface area contributed by atoms with Crippen LogP contribution in [0.4, 0.5) is 0 Å². The molecule has 0 aromatic rings. The SMILES string of the molecule is CCC(CC)NC(=O)C(C)(C)C(N)=S. The van der Waals surface area contributed by atoms with E-state index in [1.54, 1.807) is 13.8 Å². The number of carbonyl (C=O) groups excluding carboxylic acids is 1. The minimum absolute atomic E-state index is 0.0845. The Hall–Kier alpha value is -0.640. The minimum Gasteiger partial charge on any atom is -0.392 e. The van der Waals surface area contributed by atoms with Gasteiger partial charge in [0.25, 0.3) is 0 Å². The summed E-state index contributed by atoms with van der Waals surface area (Å²) >= 11 is 4.85. The highest BCUT2D eigenvalue weighted by Gasteiger charge is 2.31. The number of nitrogens with one attached hydrogen (secondary N) is 1. The topological polar surface area (TPSA) is 55.1 Å². The van der Waals surface area contributed by atoms with Crippen molar-refractivity contribution in [3.63, 3.8) is 0 Å². The molecular weight excluding hydrogens is 196 g/mol. The molecule has 0 radical (unpaired) electrons. The highest BCUT2D eigenvalue weighted by molar-refractivity contribution is 7.80. The third-order valence-electron chi connectivity index (χ3n) is 2.50. The van der Waals surface area contributed by atoms with E-state index in [0.717, 1.165) is 12.8 Å². The average Bonchev–Trinajstić information content (AvgIpc) is 2.13. The van der Waals surface area contributed by atoms with Gasteiger partial charge in [-0.15, -0.1) is 0 Å². The Balaban J connectivity index is 4.40. The Bertz CT molecular complexity index is 222. The van der Waals surface area contributed by atoms with Crippen molar-refractivity contribution in [2.24, 2.45) is 11.1 Å². The molecule has 0 bridgehead atoms. The summed E-state index contributed by atoms with van der Waals surface area (Å²) in [6.07, 6.45) is 1.85. The van der Waals surface area contributed by atoms with E-state index in [4.69, 9.17) is 18.0 Å². The molecule has 0 aliphatic heterocycles. The number of hydrogen-bond acceptors (Lipinski definition) is 2. The van der Waals surface area contributed by atoms with Gasteiger partial charge in [-0.25, -0.2) is 0 Å². The quantitative estimate of drug-likeness (QED) is 0.686. The van der Waals surface area contributed by atoms with E-state index in [2.05, 4.69) is 5.32 Å². The molecule has 3 N–H and O–H groups in total. The van der Waals surface area contributed by atoms with Crippen LogP contribution in [-0.2, 0) is 4.79 Å². The van der Waals surface area contributed by atoms with Crippen LogP contribution < -0.4 is 11.1 Å². The van der Waals surface area contributed by atoms with Gasteiger partial charge in [-0.05, 0) is 26.7 Å². The van der Waals surface area contributed by atoms with Crippen LogP contribution >= 0.6 is 12.2 Å². The number of hydrogen-bond donors (Lipinski definition) is 2. The maximum atomic E-state index is 11.8. The molecule has 3 nitrogen and oxygen atoms in total. The molecule has 0 heterocycles. The van der Waals surface area contributed by atoms with Gasteiger partial charge >= 0.3 is 0 Å². The highest BCUT2D eigenvalue weighted by atomic mass is 32.1. The van der Waals surface area contributed by atoms with Crippen LogP contribution in [-0.4, -0.2) is 16.9 Å². The molecule has 4 heteroatoms. The molecule has 0 aliphatic carbocycles. The average molecular weight is 216 g/mol. The van der Waals surface area contributed by atoms with Gasteiger partial charge in [0.15, 0.2) is 0 Å². The van der Waals surface area contributed by atoms with Crippen molar-refractivity contribution in [3.8, 4) is 0 Å². The summed E-state index contributed by atoms with van der Waals surface area (Å²) in [5, 5.41) is 2.93. The molecule has 0 fully saturated rings. The second kappa shape index (κ2) is 5.29. The lowest BCUT2D eigenvalue weighted by Crippen LogP contribution is -2.48. The van der Waals surface area contributed by atoms with Crippen LogP contribution in [0.3, 0.4) is 0 Å². The molecule has 0 aromatic heterocycles. The van der Waals surface area contributed by atoms with E-state index in [-0.39, 0.29) is 16.9 Å². The zero-order valence-electron chi connectivity index (χ0n) is 9.39. The van der Waals surface area contributed by atoms with Crippen molar-refractivity contribution in [2.45, 2.75) is 46.6 Å². The smallest absolute Gasteiger partial charge is 0.232 e. The summed E-state index contributed by atoms with van der Waals surface area (Å²) in [6.45, 7) is 7.57. The number of rotatable bonds is 5. The Morgan fingerprint density at radius 3 is 2.14 bits per heavy atom. The Morgan fingerprint density at radius 2 is 1.86 bits per heavy atom. The lowest BCUT2D eigenvalue weighted by Gasteiger charge is -2.25. The predicted molar refractivity (Wildman–Crippen MR) is 63.1 cm³/mol. The summed E-state index contributed by atoms with van der Waals surface area (Å²) in [7, 11) is 0. The minimum atomic E-state index is -0.752. The maximum Gasteiger partial charge on any atom is 0.232 e. The molecule has 0 spiro atoms. The van der Waals surface area contributed by atoms with Gasteiger partial charge in [0.2, 0.25) is 5.91 Å². The van der Waals surface area contributed by atoms with Gasteiger partial charge in [-0.1, -0.05) is 26.1 Å². The van der Waals surface area contributed by atoms with Gasteiger partial charge in [0.1, 0.15) is 0 Å². The standard InChI is InChI=1S/C10H20N2OS/c1-5-7(6-2)12-9(13)10(3,4)8(11)14/h7H,5-6H2,1-4H3,(H2,11,14)(H,12,13). The molecule has 0 aromatic carbocycles. The fourth-order valence-electron chi connectivity index (χ4n) is 0.971. The third-order valence-corrected chi connectivity index (χ3v) is 3.01. The normalized spacial score (nSPS) is 11.5. The molecule has 82 valence electrons.